The molecular weight excluding hydrogens is 687 g/mol. The molecule has 2 aromatic rings. The third kappa shape index (κ3) is 5.66. The maximum atomic E-state index is 15.5. The fraction of sp³-hybridized carbons (Fsp3) is 0.667. The predicted molar refractivity (Wildman–Crippen MR) is 158 cm³/mol. The van der Waals surface area contributed by atoms with Gasteiger partial charge in [-0.05, 0) is 98.6 Å². The van der Waals surface area contributed by atoms with E-state index >= 15 is 4.39 Å². The molecule has 214 valence electrons. The Labute approximate surface area is 250 Å². The standard InChI is InChI=1S/C27H35BrF2IN5O3/c1-15-12-36(25(37)39-26(3,4)5)16(2)11-35(15)23-18-9-19(31)20(28)21(30)22(18)32-24(33-23)38-14-27-7-6-8-34(27)13-17(29)10-27/h9,15-17H,6-8,10-14H2,1-5H3/t15-,16+,17+,27-/m0/s1. The molecule has 3 aliphatic heterocycles. The van der Waals surface area contributed by atoms with E-state index in [1.807, 2.05) is 40.7 Å². The number of alkyl halides is 1. The Morgan fingerprint density at radius 3 is 2.69 bits per heavy atom. The highest BCUT2D eigenvalue weighted by atomic mass is 127. The molecule has 1 amide bonds. The second-order valence-corrected chi connectivity index (χ2v) is 14.0. The average Bonchev–Trinajstić information content (AvgIpc) is 3.37. The van der Waals surface area contributed by atoms with Crippen molar-refractivity contribution in [1.29, 1.82) is 0 Å². The zero-order valence-electron chi connectivity index (χ0n) is 22.9. The van der Waals surface area contributed by atoms with Crippen LogP contribution in [0, 0.1) is 9.39 Å². The highest BCUT2D eigenvalue weighted by Crippen LogP contribution is 2.41. The fourth-order valence-electron chi connectivity index (χ4n) is 6.06. The molecule has 0 N–H and O–H groups in total. The van der Waals surface area contributed by atoms with E-state index in [9.17, 15) is 9.18 Å². The zero-order chi connectivity index (χ0) is 28.3. The monoisotopic (exact) mass is 721 g/mol. The molecule has 0 saturated carbocycles. The normalized spacial score (nSPS) is 27.8. The number of carbonyl (C=O) groups is 1. The van der Waals surface area contributed by atoms with Gasteiger partial charge in [0.25, 0.3) is 0 Å². The Balaban J connectivity index is 1.48. The van der Waals surface area contributed by atoms with Crippen LogP contribution in [0.3, 0.4) is 0 Å². The van der Waals surface area contributed by atoms with Gasteiger partial charge < -0.3 is 19.3 Å². The summed E-state index contributed by atoms with van der Waals surface area (Å²) in [4.78, 5) is 28.2. The summed E-state index contributed by atoms with van der Waals surface area (Å²) in [6.07, 6.45) is 1.05. The molecule has 39 heavy (non-hydrogen) atoms. The Morgan fingerprint density at radius 2 is 1.97 bits per heavy atom. The molecule has 12 heteroatoms. The van der Waals surface area contributed by atoms with Gasteiger partial charge in [-0.25, -0.2) is 13.6 Å². The summed E-state index contributed by atoms with van der Waals surface area (Å²) in [7, 11) is 0. The topological polar surface area (TPSA) is 71.0 Å². The summed E-state index contributed by atoms with van der Waals surface area (Å²) < 4.78 is 42.7. The van der Waals surface area contributed by atoms with Gasteiger partial charge in [-0.3, -0.25) is 4.90 Å². The summed E-state index contributed by atoms with van der Waals surface area (Å²) in [5.41, 5.74) is -0.805. The average molecular weight is 722 g/mol. The molecule has 0 spiro atoms. The van der Waals surface area contributed by atoms with Crippen molar-refractivity contribution in [2.45, 2.75) is 83.3 Å². The Hall–Kier alpha value is -1.54. The summed E-state index contributed by atoms with van der Waals surface area (Å²) in [6, 6.07) is 1.63. The van der Waals surface area contributed by atoms with Crippen molar-refractivity contribution in [3.8, 4) is 6.01 Å². The number of nitrogens with zero attached hydrogens (tertiary/aromatic N) is 5. The van der Waals surface area contributed by atoms with E-state index in [-0.39, 0.29) is 41.8 Å². The second kappa shape index (κ2) is 10.7. The highest BCUT2D eigenvalue weighted by molar-refractivity contribution is 14.1. The first-order valence-corrected chi connectivity index (χ1v) is 15.3. The van der Waals surface area contributed by atoms with Gasteiger partial charge in [0.2, 0.25) is 0 Å². The molecule has 0 bridgehead atoms. The van der Waals surface area contributed by atoms with Crippen LogP contribution in [0.5, 0.6) is 6.01 Å². The Morgan fingerprint density at radius 1 is 1.23 bits per heavy atom. The molecule has 3 saturated heterocycles. The summed E-state index contributed by atoms with van der Waals surface area (Å²) in [5.74, 6) is 0.0712. The van der Waals surface area contributed by atoms with Crippen molar-refractivity contribution < 1.29 is 23.0 Å². The number of aromatic nitrogens is 2. The number of hydrogen-bond donors (Lipinski definition) is 0. The summed E-state index contributed by atoms with van der Waals surface area (Å²) in [5, 5.41) is 0.572. The molecular formula is C27H35BrF2IN5O3. The Bertz CT molecular complexity index is 1280. The van der Waals surface area contributed by atoms with Gasteiger partial charge in [0, 0.05) is 47.1 Å². The van der Waals surface area contributed by atoms with Crippen LogP contribution >= 0.6 is 38.5 Å². The molecule has 3 aliphatic rings. The van der Waals surface area contributed by atoms with Crippen LogP contribution in [-0.2, 0) is 4.74 Å². The van der Waals surface area contributed by atoms with Gasteiger partial charge in [0.15, 0.2) is 5.82 Å². The molecule has 8 nitrogen and oxygen atoms in total. The van der Waals surface area contributed by atoms with Crippen LogP contribution in [0.15, 0.2) is 10.5 Å². The number of fused-ring (bicyclic) bond motifs is 2. The lowest BCUT2D eigenvalue weighted by Gasteiger charge is -2.45. The molecule has 0 aliphatic carbocycles. The van der Waals surface area contributed by atoms with Gasteiger partial charge >= 0.3 is 12.1 Å². The first kappa shape index (κ1) is 29.0. The Kier molecular flexibility index (Phi) is 7.95. The minimum absolute atomic E-state index is 0.0717. The van der Waals surface area contributed by atoms with Crippen LogP contribution < -0.4 is 9.64 Å². The lowest BCUT2D eigenvalue weighted by atomic mass is 9.95. The minimum atomic E-state index is -0.874. The fourth-order valence-corrected chi connectivity index (χ4v) is 6.91. The van der Waals surface area contributed by atoms with Gasteiger partial charge in [0.05, 0.1) is 10.0 Å². The third-order valence-corrected chi connectivity index (χ3v) is 10.3. The molecule has 5 rings (SSSR count). The molecule has 3 fully saturated rings. The number of rotatable bonds is 4. The highest BCUT2D eigenvalue weighted by Gasteiger charge is 2.49. The van der Waals surface area contributed by atoms with Crippen molar-refractivity contribution >= 4 is 61.3 Å². The minimum Gasteiger partial charge on any atom is -0.461 e. The van der Waals surface area contributed by atoms with Crippen LogP contribution in [-0.4, -0.2) is 88.0 Å². The van der Waals surface area contributed by atoms with Crippen molar-refractivity contribution in [2.75, 3.05) is 37.7 Å². The van der Waals surface area contributed by atoms with Crippen LogP contribution in [0.2, 0.25) is 0 Å². The van der Waals surface area contributed by atoms with Gasteiger partial charge in [-0.2, -0.15) is 9.97 Å². The van der Waals surface area contributed by atoms with Crippen molar-refractivity contribution in [3.63, 3.8) is 0 Å². The first-order valence-electron chi connectivity index (χ1n) is 13.4. The lowest BCUT2D eigenvalue weighted by Crippen LogP contribution is -2.59. The quantitative estimate of drug-likeness (QED) is 0.287. The number of halogens is 4. The largest absolute Gasteiger partial charge is 0.461 e. The van der Waals surface area contributed by atoms with E-state index in [0.29, 0.717) is 45.3 Å². The first-order chi connectivity index (χ1) is 18.3. The smallest absolute Gasteiger partial charge is 0.410 e. The number of anilines is 1. The van der Waals surface area contributed by atoms with E-state index in [0.717, 1.165) is 19.4 Å². The van der Waals surface area contributed by atoms with Crippen LogP contribution in [0.4, 0.5) is 19.4 Å². The predicted octanol–water partition coefficient (Wildman–Crippen LogP) is 5.93. The van der Waals surface area contributed by atoms with E-state index in [1.165, 1.54) is 0 Å². The van der Waals surface area contributed by atoms with Crippen LogP contribution in [0.25, 0.3) is 10.9 Å². The molecule has 4 atom stereocenters. The van der Waals surface area contributed by atoms with E-state index < -0.39 is 17.6 Å². The number of carbonyl (C=O) groups excluding carboxylic acids is 1. The number of amides is 1. The number of ether oxygens (including phenoxy) is 2. The molecule has 0 unspecified atom stereocenters. The number of benzene rings is 1. The van der Waals surface area contributed by atoms with Crippen molar-refractivity contribution in [2.24, 2.45) is 0 Å². The number of piperazine rings is 1. The van der Waals surface area contributed by atoms with E-state index in [2.05, 4.69) is 53.3 Å². The van der Waals surface area contributed by atoms with Gasteiger partial charge in [-0.15, -0.1) is 0 Å². The molecule has 0 radical (unpaired) electrons. The number of hydrogen-bond acceptors (Lipinski definition) is 7. The van der Waals surface area contributed by atoms with Gasteiger partial charge in [0.1, 0.15) is 29.7 Å². The second-order valence-electron chi connectivity index (χ2n) is 12.1. The van der Waals surface area contributed by atoms with E-state index in [1.54, 1.807) is 4.90 Å². The van der Waals surface area contributed by atoms with Crippen molar-refractivity contribution in [3.05, 3.63) is 19.9 Å². The van der Waals surface area contributed by atoms with Gasteiger partial charge in [-0.1, -0.05) is 0 Å². The SMILES string of the molecule is C[C@@H]1CN(c2nc(OC[C@@]34CCCN3C[C@H](F)C4)nc3c(F)c(Br)c(I)cc23)[C@@H](C)CN1C(=O)OC(C)(C)C. The summed E-state index contributed by atoms with van der Waals surface area (Å²) >= 11 is 5.43. The molecule has 4 heterocycles. The van der Waals surface area contributed by atoms with E-state index in [4.69, 9.17) is 14.5 Å². The molecule has 1 aromatic heterocycles. The zero-order valence-corrected chi connectivity index (χ0v) is 26.7. The maximum Gasteiger partial charge on any atom is 0.410 e. The van der Waals surface area contributed by atoms with Crippen molar-refractivity contribution in [1.82, 2.24) is 19.8 Å². The van der Waals surface area contributed by atoms with Crippen LogP contribution in [0.1, 0.15) is 53.9 Å². The lowest BCUT2D eigenvalue weighted by molar-refractivity contribution is 0.0130. The summed E-state index contributed by atoms with van der Waals surface area (Å²) in [6.45, 7) is 11.9. The third-order valence-electron chi connectivity index (χ3n) is 7.90. The molecule has 1 aromatic carbocycles. The maximum absolute atomic E-state index is 15.5.